The van der Waals surface area contributed by atoms with Crippen molar-refractivity contribution in [1.82, 2.24) is 9.88 Å². The zero-order valence-electron chi connectivity index (χ0n) is 14.1. The summed E-state index contributed by atoms with van der Waals surface area (Å²) in [5, 5.41) is 2.89. The number of hydrogen-bond acceptors (Lipinski definition) is 3. The molecule has 0 saturated carbocycles. The summed E-state index contributed by atoms with van der Waals surface area (Å²) in [7, 11) is 0. The Morgan fingerprint density at radius 2 is 1.60 bits per heavy atom. The molecule has 0 bridgehead atoms. The van der Waals surface area contributed by atoms with E-state index in [1.165, 1.54) is 5.56 Å². The Morgan fingerprint density at radius 1 is 1.00 bits per heavy atom. The molecule has 1 N–H and O–H groups in total. The molecule has 0 unspecified atom stereocenters. The minimum Gasteiger partial charge on any atom is -0.347 e. The van der Waals surface area contributed by atoms with Crippen molar-refractivity contribution in [3.05, 3.63) is 92.0 Å². The standard InChI is InChI=1S/C20H20N2O2S/c1-15-18(19(23)21-14-17-10-6-3-7-11-17)25-20(24)22(15)13-12-16-8-4-2-5-9-16/h2-11H,12-14H2,1H3,(H,21,23). The van der Waals surface area contributed by atoms with Gasteiger partial charge in [-0.05, 0) is 24.5 Å². The molecule has 0 spiro atoms. The smallest absolute Gasteiger partial charge is 0.308 e. The molecular formula is C20H20N2O2S. The summed E-state index contributed by atoms with van der Waals surface area (Å²) >= 11 is 1.01. The molecule has 3 rings (SSSR count). The van der Waals surface area contributed by atoms with E-state index in [0.717, 1.165) is 29.0 Å². The third-order valence-electron chi connectivity index (χ3n) is 4.11. The van der Waals surface area contributed by atoms with E-state index in [4.69, 9.17) is 0 Å². The van der Waals surface area contributed by atoms with Crippen LogP contribution in [0.15, 0.2) is 65.5 Å². The summed E-state index contributed by atoms with van der Waals surface area (Å²) in [5.41, 5.74) is 2.94. The second-order valence-electron chi connectivity index (χ2n) is 5.84. The maximum Gasteiger partial charge on any atom is 0.308 e. The summed E-state index contributed by atoms with van der Waals surface area (Å²) < 4.78 is 1.69. The fourth-order valence-electron chi connectivity index (χ4n) is 2.69. The van der Waals surface area contributed by atoms with Gasteiger partial charge >= 0.3 is 4.87 Å². The van der Waals surface area contributed by atoms with E-state index in [-0.39, 0.29) is 10.8 Å². The Balaban J connectivity index is 1.68. The fraction of sp³-hybridized carbons (Fsp3) is 0.200. The second kappa shape index (κ2) is 7.94. The van der Waals surface area contributed by atoms with Crippen LogP contribution in [0.1, 0.15) is 26.5 Å². The zero-order valence-corrected chi connectivity index (χ0v) is 14.9. The molecular weight excluding hydrogens is 332 g/mol. The van der Waals surface area contributed by atoms with Crippen LogP contribution < -0.4 is 10.2 Å². The Kier molecular flexibility index (Phi) is 5.46. The monoisotopic (exact) mass is 352 g/mol. The fourth-order valence-corrected chi connectivity index (χ4v) is 3.63. The van der Waals surface area contributed by atoms with E-state index in [9.17, 15) is 9.59 Å². The number of carbonyl (C=O) groups is 1. The van der Waals surface area contributed by atoms with Crippen molar-refractivity contribution in [1.29, 1.82) is 0 Å². The normalized spacial score (nSPS) is 10.6. The van der Waals surface area contributed by atoms with Crippen molar-refractivity contribution in [2.75, 3.05) is 0 Å². The molecule has 25 heavy (non-hydrogen) atoms. The molecule has 0 saturated heterocycles. The molecule has 0 aliphatic carbocycles. The van der Waals surface area contributed by atoms with Crippen molar-refractivity contribution in [2.45, 2.75) is 26.4 Å². The molecule has 0 radical (unpaired) electrons. The predicted molar refractivity (Wildman–Crippen MR) is 101 cm³/mol. The summed E-state index contributed by atoms with van der Waals surface area (Å²) in [5.74, 6) is -0.193. The van der Waals surface area contributed by atoms with Gasteiger partial charge in [0.1, 0.15) is 4.88 Å². The summed E-state index contributed by atoms with van der Waals surface area (Å²) in [6.07, 6.45) is 0.767. The van der Waals surface area contributed by atoms with Crippen LogP contribution in [0.25, 0.3) is 0 Å². The lowest BCUT2D eigenvalue weighted by atomic mass is 10.1. The summed E-state index contributed by atoms with van der Waals surface area (Å²) in [4.78, 5) is 25.1. The molecule has 1 amide bonds. The highest BCUT2D eigenvalue weighted by Crippen LogP contribution is 2.13. The highest BCUT2D eigenvalue weighted by Gasteiger charge is 2.17. The van der Waals surface area contributed by atoms with Crippen LogP contribution in [0.5, 0.6) is 0 Å². The molecule has 1 heterocycles. The zero-order chi connectivity index (χ0) is 17.6. The number of hydrogen-bond donors (Lipinski definition) is 1. The summed E-state index contributed by atoms with van der Waals surface area (Å²) in [6.45, 7) is 2.87. The van der Waals surface area contributed by atoms with Crippen molar-refractivity contribution >= 4 is 17.2 Å². The van der Waals surface area contributed by atoms with Crippen LogP contribution in [0.3, 0.4) is 0 Å². The molecule has 5 heteroatoms. The number of aromatic nitrogens is 1. The molecule has 4 nitrogen and oxygen atoms in total. The van der Waals surface area contributed by atoms with Gasteiger partial charge in [0.2, 0.25) is 0 Å². The number of nitrogens with zero attached hydrogens (tertiary/aromatic N) is 1. The van der Waals surface area contributed by atoms with Crippen molar-refractivity contribution in [3.63, 3.8) is 0 Å². The average Bonchev–Trinajstić information content (AvgIpc) is 2.94. The molecule has 0 fully saturated rings. The number of aryl methyl sites for hydroxylation is 1. The number of rotatable bonds is 6. The maximum absolute atomic E-state index is 12.4. The first-order valence-corrected chi connectivity index (χ1v) is 9.03. The van der Waals surface area contributed by atoms with E-state index in [0.29, 0.717) is 18.0 Å². The van der Waals surface area contributed by atoms with Crippen LogP contribution in [0, 0.1) is 6.92 Å². The van der Waals surface area contributed by atoms with Gasteiger partial charge in [0, 0.05) is 18.8 Å². The van der Waals surface area contributed by atoms with E-state index in [2.05, 4.69) is 5.32 Å². The van der Waals surface area contributed by atoms with Crippen molar-refractivity contribution in [2.24, 2.45) is 0 Å². The van der Waals surface area contributed by atoms with Gasteiger partial charge in [0.15, 0.2) is 0 Å². The Bertz CT molecular complexity index is 898. The Morgan fingerprint density at radius 3 is 2.24 bits per heavy atom. The number of thiazole rings is 1. The topological polar surface area (TPSA) is 51.1 Å². The SMILES string of the molecule is Cc1c(C(=O)NCc2ccccc2)sc(=O)n1CCc1ccccc1. The third-order valence-corrected chi connectivity index (χ3v) is 5.19. The average molecular weight is 352 g/mol. The molecule has 0 atom stereocenters. The van der Waals surface area contributed by atoms with E-state index >= 15 is 0 Å². The van der Waals surface area contributed by atoms with Crippen LogP contribution in [0.4, 0.5) is 0 Å². The Hall–Kier alpha value is -2.66. The van der Waals surface area contributed by atoms with Crippen LogP contribution in [-0.4, -0.2) is 10.5 Å². The second-order valence-corrected chi connectivity index (χ2v) is 6.80. The van der Waals surface area contributed by atoms with Crippen LogP contribution in [-0.2, 0) is 19.5 Å². The van der Waals surface area contributed by atoms with Crippen molar-refractivity contribution < 1.29 is 4.79 Å². The van der Waals surface area contributed by atoms with Crippen LogP contribution in [0.2, 0.25) is 0 Å². The number of amides is 1. The molecule has 128 valence electrons. The van der Waals surface area contributed by atoms with E-state index in [1.807, 2.05) is 67.6 Å². The van der Waals surface area contributed by atoms with Crippen molar-refractivity contribution in [3.8, 4) is 0 Å². The molecule has 3 aromatic rings. The van der Waals surface area contributed by atoms with Gasteiger partial charge in [-0.2, -0.15) is 0 Å². The molecule has 2 aromatic carbocycles. The van der Waals surface area contributed by atoms with Gasteiger partial charge in [-0.3, -0.25) is 9.59 Å². The first kappa shape index (κ1) is 17.2. The minimum absolute atomic E-state index is 0.0849. The number of carbonyl (C=O) groups excluding carboxylic acids is 1. The van der Waals surface area contributed by atoms with E-state index < -0.39 is 0 Å². The summed E-state index contributed by atoms with van der Waals surface area (Å²) in [6, 6.07) is 19.8. The lowest BCUT2D eigenvalue weighted by Crippen LogP contribution is -2.23. The predicted octanol–water partition coefficient (Wildman–Crippen LogP) is 3.39. The lowest BCUT2D eigenvalue weighted by Gasteiger charge is -2.07. The van der Waals surface area contributed by atoms with Crippen LogP contribution >= 0.6 is 11.3 Å². The highest BCUT2D eigenvalue weighted by atomic mass is 32.1. The lowest BCUT2D eigenvalue weighted by molar-refractivity contribution is 0.0954. The van der Waals surface area contributed by atoms with Gasteiger partial charge in [-0.15, -0.1) is 0 Å². The van der Waals surface area contributed by atoms with Gasteiger partial charge in [-0.1, -0.05) is 72.0 Å². The first-order chi connectivity index (χ1) is 12.1. The maximum atomic E-state index is 12.4. The highest BCUT2D eigenvalue weighted by molar-refractivity contribution is 7.11. The van der Waals surface area contributed by atoms with E-state index in [1.54, 1.807) is 4.57 Å². The van der Waals surface area contributed by atoms with Gasteiger partial charge < -0.3 is 9.88 Å². The molecule has 1 aromatic heterocycles. The largest absolute Gasteiger partial charge is 0.347 e. The van der Waals surface area contributed by atoms with Gasteiger partial charge in [0.05, 0.1) is 0 Å². The number of nitrogens with one attached hydrogen (secondary N) is 1. The first-order valence-electron chi connectivity index (χ1n) is 8.21. The minimum atomic E-state index is -0.193. The quantitative estimate of drug-likeness (QED) is 0.739. The molecule has 0 aliphatic heterocycles. The van der Waals surface area contributed by atoms with Gasteiger partial charge in [-0.25, -0.2) is 0 Å². The molecule has 0 aliphatic rings. The Labute approximate surface area is 150 Å². The van der Waals surface area contributed by atoms with Gasteiger partial charge in [0.25, 0.3) is 5.91 Å². The number of benzene rings is 2. The third kappa shape index (κ3) is 4.25.